The van der Waals surface area contributed by atoms with Gasteiger partial charge in [0.15, 0.2) is 5.78 Å². The number of Topliss-reactive ketones (excluding diaryl/α,β-unsaturated/α-hetero) is 1. The van der Waals surface area contributed by atoms with Crippen LogP contribution in [0.3, 0.4) is 0 Å². The molecule has 5 rings (SSSR count). The topological polar surface area (TPSA) is 66.8 Å². The van der Waals surface area contributed by atoms with Gasteiger partial charge in [-0.1, -0.05) is 66.2 Å². The molecule has 6 heteroatoms. The number of amides is 1. The molecule has 0 radical (unpaired) electrons. The summed E-state index contributed by atoms with van der Waals surface area (Å²) in [7, 11) is 0. The van der Waals surface area contributed by atoms with Crippen LogP contribution in [0.5, 0.6) is 0 Å². The van der Waals surface area contributed by atoms with E-state index in [1.807, 2.05) is 65.6 Å². The van der Waals surface area contributed by atoms with Crippen LogP contribution in [0.4, 0.5) is 0 Å². The van der Waals surface area contributed by atoms with Crippen molar-refractivity contribution >= 4 is 23.3 Å². The Labute approximate surface area is 210 Å². The number of nitrogens with zero attached hydrogens (tertiary/aromatic N) is 1. The van der Waals surface area contributed by atoms with E-state index in [4.69, 9.17) is 16.3 Å². The van der Waals surface area contributed by atoms with E-state index in [1.165, 1.54) is 6.92 Å². The zero-order chi connectivity index (χ0) is 24.6. The third-order valence-corrected chi connectivity index (χ3v) is 7.60. The molecule has 3 aromatic rings. The number of ketones is 1. The average molecular weight is 490 g/mol. The van der Waals surface area contributed by atoms with Crippen LogP contribution in [0.15, 0.2) is 72.8 Å². The number of hydrogen-bond acceptors (Lipinski definition) is 4. The minimum absolute atomic E-state index is 0.00278. The largest absolute Gasteiger partial charge is 0.396 e. The summed E-state index contributed by atoms with van der Waals surface area (Å²) < 4.78 is 6.32. The molecule has 180 valence electrons. The fourth-order valence-corrected chi connectivity index (χ4v) is 5.07. The van der Waals surface area contributed by atoms with Crippen molar-refractivity contribution in [1.29, 1.82) is 0 Å². The fourth-order valence-electron chi connectivity index (χ4n) is 4.94. The van der Waals surface area contributed by atoms with Gasteiger partial charge in [-0.15, -0.1) is 0 Å². The molecule has 0 saturated heterocycles. The molecule has 1 atom stereocenters. The molecule has 1 aliphatic heterocycles. The predicted molar refractivity (Wildman–Crippen MR) is 135 cm³/mol. The van der Waals surface area contributed by atoms with E-state index in [-0.39, 0.29) is 30.3 Å². The summed E-state index contributed by atoms with van der Waals surface area (Å²) in [6, 6.07) is 22.6. The summed E-state index contributed by atoms with van der Waals surface area (Å²) in [4.78, 5) is 27.4. The second-order valence-electron chi connectivity index (χ2n) is 9.71. The molecular formula is C29H28ClNO4. The van der Waals surface area contributed by atoms with Crippen LogP contribution in [0, 0.1) is 5.41 Å². The zero-order valence-electron chi connectivity index (χ0n) is 19.7. The standard InChI is InChI=1S/C29H28ClNO4/c1-20(33)22-8-6-21(7-9-22)16-31-27(34)25-4-2-3-5-26(25)29(31,23-10-12-24(30)13-11-23)19-35-18-28(17-32)14-15-28/h2-13,32H,14-19H2,1H3. The van der Waals surface area contributed by atoms with E-state index in [9.17, 15) is 14.7 Å². The molecule has 1 unspecified atom stereocenters. The number of carbonyl (C=O) groups is 2. The number of aliphatic hydroxyl groups is 1. The normalized spacial score (nSPS) is 20.1. The number of fused-ring (bicyclic) bond motifs is 1. The molecule has 3 aromatic carbocycles. The lowest BCUT2D eigenvalue weighted by molar-refractivity contribution is -0.00481. The Balaban J connectivity index is 1.58. The van der Waals surface area contributed by atoms with Crippen LogP contribution in [0.1, 0.15) is 57.2 Å². The van der Waals surface area contributed by atoms with Crippen molar-refractivity contribution in [2.45, 2.75) is 31.8 Å². The maximum Gasteiger partial charge on any atom is 0.255 e. The van der Waals surface area contributed by atoms with Gasteiger partial charge in [0.1, 0.15) is 5.54 Å². The first kappa shape index (κ1) is 23.7. The smallest absolute Gasteiger partial charge is 0.255 e. The molecule has 1 heterocycles. The van der Waals surface area contributed by atoms with E-state index in [0.29, 0.717) is 29.3 Å². The molecule has 1 saturated carbocycles. The number of carbonyl (C=O) groups excluding carboxylic acids is 2. The van der Waals surface area contributed by atoms with Crippen molar-refractivity contribution in [3.63, 3.8) is 0 Å². The Morgan fingerprint density at radius 3 is 2.31 bits per heavy atom. The first-order valence-electron chi connectivity index (χ1n) is 11.8. The minimum Gasteiger partial charge on any atom is -0.396 e. The van der Waals surface area contributed by atoms with E-state index in [2.05, 4.69) is 0 Å². The Morgan fingerprint density at radius 1 is 1.00 bits per heavy atom. The van der Waals surface area contributed by atoms with Gasteiger partial charge < -0.3 is 14.7 Å². The maximum absolute atomic E-state index is 13.8. The Morgan fingerprint density at radius 2 is 1.69 bits per heavy atom. The van der Waals surface area contributed by atoms with E-state index >= 15 is 0 Å². The van der Waals surface area contributed by atoms with Gasteiger partial charge in [-0.25, -0.2) is 0 Å². The third kappa shape index (κ3) is 4.29. The lowest BCUT2D eigenvalue weighted by Crippen LogP contribution is -2.48. The van der Waals surface area contributed by atoms with E-state index in [1.54, 1.807) is 12.1 Å². The highest BCUT2D eigenvalue weighted by atomic mass is 35.5. The first-order chi connectivity index (χ1) is 16.9. The lowest BCUT2D eigenvalue weighted by Gasteiger charge is -2.40. The fraction of sp³-hybridized carbons (Fsp3) is 0.310. The van der Waals surface area contributed by atoms with Crippen molar-refractivity contribution in [3.8, 4) is 0 Å². The van der Waals surface area contributed by atoms with Gasteiger partial charge in [-0.3, -0.25) is 9.59 Å². The van der Waals surface area contributed by atoms with Crippen LogP contribution >= 0.6 is 11.6 Å². The third-order valence-electron chi connectivity index (χ3n) is 7.34. The monoisotopic (exact) mass is 489 g/mol. The lowest BCUT2D eigenvalue weighted by atomic mass is 9.83. The van der Waals surface area contributed by atoms with Gasteiger partial charge in [-0.2, -0.15) is 0 Å². The molecule has 1 N–H and O–H groups in total. The molecule has 0 bridgehead atoms. The van der Waals surface area contributed by atoms with E-state index < -0.39 is 5.54 Å². The van der Waals surface area contributed by atoms with Gasteiger partial charge in [-0.05, 0) is 54.7 Å². The second-order valence-corrected chi connectivity index (χ2v) is 10.1. The first-order valence-corrected chi connectivity index (χ1v) is 12.2. The van der Waals surface area contributed by atoms with Gasteiger partial charge >= 0.3 is 0 Å². The number of ether oxygens (including phenoxy) is 1. The molecular weight excluding hydrogens is 462 g/mol. The van der Waals surface area contributed by atoms with Crippen molar-refractivity contribution in [2.24, 2.45) is 5.41 Å². The second kappa shape index (κ2) is 9.23. The molecule has 5 nitrogen and oxygen atoms in total. The summed E-state index contributed by atoms with van der Waals surface area (Å²) in [5, 5.41) is 10.4. The maximum atomic E-state index is 13.8. The molecule has 0 spiro atoms. The summed E-state index contributed by atoms with van der Waals surface area (Å²) >= 11 is 6.22. The summed E-state index contributed by atoms with van der Waals surface area (Å²) in [6.45, 7) is 2.68. The predicted octanol–water partition coefficient (Wildman–Crippen LogP) is 5.23. The van der Waals surface area contributed by atoms with Crippen LogP contribution in [0.25, 0.3) is 0 Å². The van der Waals surface area contributed by atoms with Crippen LogP contribution < -0.4 is 0 Å². The molecule has 1 amide bonds. The Kier molecular flexibility index (Phi) is 6.26. The van der Waals surface area contributed by atoms with Crippen LogP contribution in [0.2, 0.25) is 5.02 Å². The van der Waals surface area contributed by atoms with Gasteiger partial charge in [0, 0.05) is 28.1 Å². The number of halogens is 1. The number of aliphatic hydroxyl groups excluding tert-OH is 1. The molecule has 2 aliphatic rings. The Bertz CT molecular complexity index is 1250. The van der Waals surface area contributed by atoms with E-state index in [0.717, 1.165) is 29.5 Å². The Hall–Kier alpha value is -2.99. The van der Waals surface area contributed by atoms with Crippen molar-refractivity contribution in [2.75, 3.05) is 19.8 Å². The summed E-state index contributed by atoms with van der Waals surface area (Å²) in [5.74, 6) is -0.0684. The molecule has 35 heavy (non-hydrogen) atoms. The van der Waals surface area contributed by atoms with Crippen LogP contribution in [-0.2, 0) is 16.8 Å². The average Bonchev–Trinajstić information content (AvgIpc) is 3.62. The molecule has 0 aromatic heterocycles. The van der Waals surface area contributed by atoms with Crippen molar-refractivity contribution in [1.82, 2.24) is 4.90 Å². The highest BCUT2D eigenvalue weighted by molar-refractivity contribution is 6.30. The van der Waals surface area contributed by atoms with Crippen molar-refractivity contribution in [3.05, 3.63) is 106 Å². The SMILES string of the molecule is CC(=O)c1ccc(CN2C(=O)c3ccccc3C2(COCC2(CO)CC2)c2ccc(Cl)cc2)cc1. The zero-order valence-corrected chi connectivity index (χ0v) is 20.4. The van der Waals surface area contributed by atoms with Gasteiger partial charge in [0.2, 0.25) is 0 Å². The number of rotatable bonds is 9. The van der Waals surface area contributed by atoms with Crippen LogP contribution in [-0.4, -0.2) is 41.5 Å². The molecule has 1 aliphatic carbocycles. The minimum atomic E-state index is -0.858. The summed E-state index contributed by atoms with van der Waals surface area (Å²) in [5.41, 5.74) is 2.98. The van der Waals surface area contributed by atoms with Gasteiger partial charge in [0.05, 0.1) is 19.8 Å². The highest BCUT2D eigenvalue weighted by Gasteiger charge is 2.52. The number of benzene rings is 3. The molecule has 1 fully saturated rings. The number of hydrogen-bond donors (Lipinski definition) is 1. The van der Waals surface area contributed by atoms with Crippen molar-refractivity contribution < 1.29 is 19.4 Å². The highest BCUT2D eigenvalue weighted by Crippen LogP contribution is 2.48. The van der Waals surface area contributed by atoms with Gasteiger partial charge in [0.25, 0.3) is 5.91 Å². The quantitative estimate of drug-likeness (QED) is 0.418. The summed E-state index contributed by atoms with van der Waals surface area (Å²) in [6.07, 6.45) is 1.89.